The highest BCUT2D eigenvalue weighted by molar-refractivity contribution is 7.52. The van der Waals surface area contributed by atoms with E-state index in [2.05, 4.69) is 78.6 Å². The molecule has 2 unspecified atom stereocenters. The first kappa shape index (κ1) is 20.3. The Balaban J connectivity index is 5.46. The molecule has 0 rings (SSSR count). The van der Waals surface area contributed by atoms with Crippen molar-refractivity contribution in [2.24, 2.45) is 5.92 Å². The predicted molar refractivity (Wildman–Crippen MR) is 95.5 cm³/mol. The Labute approximate surface area is 130 Å². The lowest BCUT2D eigenvalue weighted by molar-refractivity contribution is 0.243. The van der Waals surface area contributed by atoms with Gasteiger partial charge in [-0.15, -0.1) is 0 Å². The van der Waals surface area contributed by atoms with Crippen LogP contribution in [0.15, 0.2) is 0 Å². The summed E-state index contributed by atoms with van der Waals surface area (Å²) in [6.45, 7) is 23.6. The SMILES string of the molecule is CCC(C)N(C(C)C)P(CC(C)C)N(C(C)C)C(C)C. The van der Waals surface area contributed by atoms with E-state index in [0.717, 1.165) is 5.92 Å². The molecule has 2 nitrogen and oxygen atoms in total. The third kappa shape index (κ3) is 6.00. The second-order valence-corrected chi connectivity index (χ2v) is 9.28. The van der Waals surface area contributed by atoms with Crippen LogP contribution in [0.5, 0.6) is 0 Å². The van der Waals surface area contributed by atoms with E-state index in [0.29, 0.717) is 24.2 Å². The van der Waals surface area contributed by atoms with Crippen LogP contribution in [0.4, 0.5) is 0 Å². The fraction of sp³-hybridized carbons (Fsp3) is 1.00. The van der Waals surface area contributed by atoms with E-state index in [-0.39, 0.29) is 8.22 Å². The summed E-state index contributed by atoms with van der Waals surface area (Å²) in [5.74, 6) is 0.756. The minimum atomic E-state index is -0.224. The number of hydrogen-bond donors (Lipinski definition) is 0. The van der Waals surface area contributed by atoms with Crippen molar-refractivity contribution in [1.82, 2.24) is 9.34 Å². The van der Waals surface area contributed by atoms with Gasteiger partial charge < -0.3 is 0 Å². The Morgan fingerprint density at radius 1 is 0.700 bits per heavy atom. The number of hydrogen-bond acceptors (Lipinski definition) is 2. The Morgan fingerprint density at radius 3 is 1.35 bits per heavy atom. The van der Waals surface area contributed by atoms with Gasteiger partial charge >= 0.3 is 0 Å². The van der Waals surface area contributed by atoms with E-state index in [9.17, 15) is 0 Å². The van der Waals surface area contributed by atoms with Crippen molar-refractivity contribution in [3.63, 3.8) is 0 Å². The molecular formula is C17H39N2P. The second kappa shape index (κ2) is 9.38. The molecule has 0 aliphatic carbocycles. The number of nitrogens with zero attached hydrogens (tertiary/aromatic N) is 2. The van der Waals surface area contributed by atoms with Crippen LogP contribution in [-0.4, -0.2) is 39.7 Å². The van der Waals surface area contributed by atoms with Gasteiger partial charge in [0, 0.05) is 32.4 Å². The minimum absolute atomic E-state index is 0.224. The zero-order valence-corrected chi connectivity index (χ0v) is 16.5. The molecule has 0 aliphatic rings. The van der Waals surface area contributed by atoms with Crippen LogP contribution in [0, 0.1) is 5.92 Å². The Hall–Kier alpha value is 0.350. The maximum atomic E-state index is 2.80. The fourth-order valence-electron chi connectivity index (χ4n) is 2.95. The normalized spacial score (nSPS) is 16.2. The van der Waals surface area contributed by atoms with Crippen molar-refractivity contribution >= 4 is 8.22 Å². The van der Waals surface area contributed by atoms with Crippen molar-refractivity contribution < 1.29 is 0 Å². The largest absolute Gasteiger partial charge is 0.265 e. The second-order valence-electron chi connectivity index (χ2n) is 7.25. The molecule has 0 fully saturated rings. The maximum absolute atomic E-state index is 2.80. The smallest absolute Gasteiger partial charge is 0.0407 e. The Bertz CT molecular complexity index is 243. The molecule has 0 N–H and O–H groups in total. The minimum Gasteiger partial charge on any atom is -0.265 e. The molecule has 2 atom stereocenters. The van der Waals surface area contributed by atoms with E-state index < -0.39 is 0 Å². The lowest BCUT2D eigenvalue weighted by Gasteiger charge is -2.48. The molecule has 0 radical (unpaired) electrons. The molecule has 0 saturated carbocycles. The van der Waals surface area contributed by atoms with E-state index in [1.54, 1.807) is 0 Å². The summed E-state index contributed by atoms with van der Waals surface area (Å²) in [5.41, 5.74) is 0. The van der Waals surface area contributed by atoms with Crippen LogP contribution >= 0.6 is 8.22 Å². The first-order chi connectivity index (χ1) is 9.13. The molecule has 3 heteroatoms. The van der Waals surface area contributed by atoms with Crippen molar-refractivity contribution in [1.29, 1.82) is 0 Å². The molecule has 0 bridgehead atoms. The summed E-state index contributed by atoms with van der Waals surface area (Å²) < 4.78 is 5.57. The number of rotatable bonds is 9. The van der Waals surface area contributed by atoms with Crippen molar-refractivity contribution in [3.8, 4) is 0 Å². The quantitative estimate of drug-likeness (QED) is 0.513. The molecule has 122 valence electrons. The van der Waals surface area contributed by atoms with Crippen molar-refractivity contribution in [3.05, 3.63) is 0 Å². The average Bonchev–Trinajstić information content (AvgIpc) is 2.26. The summed E-state index contributed by atoms with van der Waals surface area (Å²) in [6.07, 6.45) is 2.55. The van der Waals surface area contributed by atoms with Crippen LogP contribution in [-0.2, 0) is 0 Å². The monoisotopic (exact) mass is 302 g/mol. The van der Waals surface area contributed by atoms with Crippen molar-refractivity contribution in [2.45, 2.75) is 99.8 Å². The van der Waals surface area contributed by atoms with E-state index >= 15 is 0 Å². The van der Waals surface area contributed by atoms with E-state index in [4.69, 9.17) is 0 Å². The highest BCUT2D eigenvalue weighted by atomic mass is 31.1. The molecule has 0 spiro atoms. The lowest BCUT2D eigenvalue weighted by Crippen LogP contribution is -2.44. The van der Waals surface area contributed by atoms with Gasteiger partial charge in [0.05, 0.1) is 0 Å². The first-order valence-electron chi connectivity index (χ1n) is 8.47. The van der Waals surface area contributed by atoms with Crippen LogP contribution in [0.1, 0.15) is 75.7 Å². The van der Waals surface area contributed by atoms with Gasteiger partial charge in [-0.05, 0) is 67.0 Å². The van der Waals surface area contributed by atoms with Gasteiger partial charge in [-0.3, -0.25) is 9.34 Å². The fourth-order valence-corrected chi connectivity index (χ4v) is 6.44. The molecule has 0 aromatic heterocycles. The van der Waals surface area contributed by atoms with Gasteiger partial charge in [-0.2, -0.15) is 0 Å². The third-order valence-electron chi connectivity index (χ3n) is 3.69. The summed E-state index contributed by atoms with van der Waals surface area (Å²) in [6, 6.07) is 2.52. The van der Waals surface area contributed by atoms with Gasteiger partial charge in [0.15, 0.2) is 0 Å². The van der Waals surface area contributed by atoms with Crippen LogP contribution < -0.4 is 0 Å². The highest BCUT2D eigenvalue weighted by Crippen LogP contribution is 2.51. The molecule has 0 amide bonds. The lowest BCUT2D eigenvalue weighted by atomic mass is 10.2. The Kier molecular flexibility index (Phi) is 9.55. The zero-order valence-electron chi connectivity index (χ0n) is 15.6. The van der Waals surface area contributed by atoms with Crippen molar-refractivity contribution in [2.75, 3.05) is 6.16 Å². The molecule has 0 saturated heterocycles. The molecular weight excluding hydrogens is 263 g/mol. The summed E-state index contributed by atoms with van der Waals surface area (Å²) >= 11 is 0. The van der Waals surface area contributed by atoms with Crippen LogP contribution in [0.25, 0.3) is 0 Å². The predicted octanol–water partition coefficient (Wildman–Crippen LogP) is 5.58. The summed E-state index contributed by atoms with van der Waals surface area (Å²) in [5, 5.41) is 0. The van der Waals surface area contributed by atoms with E-state index in [1.807, 2.05) is 0 Å². The first-order valence-corrected chi connectivity index (χ1v) is 9.90. The Morgan fingerprint density at radius 2 is 1.10 bits per heavy atom. The molecule has 0 aromatic carbocycles. The maximum Gasteiger partial charge on any atom is 0.0407 e. The summed E-state index contributed by atoms with van der Waals surface area (Å²) in [4.78, 5) is 0. The van der Waals surface area contributed by atoms with Crippen LogP contribution in [0.3, 0.4) is 0 Å². The van der Waals surface area contributed by atoms with Gasteiger partial charge in [-0.25, -0.2) is 0 Å². The topological polar surface area (TPSA) is 6.48 Å². The zero-order chi connectivity index (χ0) is 16.0. The van der Waals surface area contributed by atoms with Gasteiger partial charge in [0.25, 0.3) is 0 Å². The van der Waals surface area contributed by atoms with Gasteiger partial charge in [0.2, 0.25) is 0 Å². The van der Waals surface area contributed by atoms with Crippen LogP contribution in [0.2, 0.25) is 0 Å². The summed E-state index contributed by atoms with van der Waals surface area (Å²) in [7, 11) is -0.224. The average molecular weight is 302 g/mol. The molecule has 0 aromatic rings. The van der Waals surface area contributed by atoms with Gasteiger partial charge in [0.1, 0.15) is 0 Å². The van der Waals surface area contributed by atoms with E-state index in [1.165, 1.54) is 12.6 Å². The third-order valence-corrected chi connectivity index (χ3v) is 7.59. The molecule has 0 heterocycles. The highest BCUT2D eigenvalue weighted by Gasteiger charge is 2.33. The molecule has 20 heavy (non-hydrogen) atoms. The van der Waals surface area contributed by atoms with Gasteiger partial charge in [-0.1, -0.05) is 20.8 Å². The standard InChI is InChI=1S/C17H39N2P/c1-11-17(10)19(16(8)9)20(12-13(2)3)18(14(4)5)15(6)7/h13-17H,11-12H2,1-10H3. The molecule has 0 aliphatic heterocycles.